The molecule has 1 unspecified atom stereocenters. The summed E-state index contributed by atoms with van der Waals surface area (Å²) >= 11 is 0. The van der Waals surface area contributed by atoms with Crippen LogP contribution in [0, 0.1) is 22.7 Å². The van der Waals surface area contributed by atoms with Crippen molar-refractivity contribution in [2.45, 2.75) is 65.5 Å². The summed E-state index contributed by atoms with van der Waals surface area (Å²) in [5.41, 5.74) is 1.12. The maximum Gasteiger partial charge on any atom is 0.306 e. The summed E-state index contributed by atoms with van der Waals surface area (Å²) in [6.45, 7) is 7.26. The number of carbonyl (C=O) groups excluding carboxylic acids is 3. The first-order chi connectivity index (χ1) is 17.7. The number of esters is 1. The minimum Gasteiger partial charge on any atom is -0.461 e. The maximum absolute atomic E-state index is 13.6. The van der Waals surface area contributed by atoms with Gasteiger partial charge < -0.3 is 15.0 Å². The van der Waals surface area contributed by atoms with Gasteiger partial charge in [-0.15, -0.1) is 0 Å². The first-order valence-corrected chi connectivity index (χ1v) is 13.0. The fourth-order valence-electron chi connectivity index (χ4n) is 4.77. The van der Waals surface area contributed by atoms with Crippen LogP contribution in [0.3, 0.4) is 0 Å². The predicted octanol–water partition coefficient (Wildman–Crippen LogP) is 4.86. The third kappa shape index (κ3) is 7.66. The number of hydrogen-bond acceptors (Lipinski definition) is 5. The topological polar surface area (TPSA) is 99.5 Å². The van der Waals surface area contributed by atoms with E-state index in [-0.39, 0.29) is 36.4 Å². The van der Waals surface area contributed by atoms with Gasteiger partial charge in [0.1, 0.15) is 6.61 Å². The molecule has 2 amide bonds. The molecule has 3 rings (SSSR count). The SMILES string of the molecule is CCCC(NC(=O)c1ccc(C#N)cc1)C(C)(C)C(=O)N1CCC(CC(=O)OCc2ccccc2)CC1. The lowest BCUT2D eigenvalue weighted by molar-refractivity contribution is -0.147. The summed E-state index contributed by atoms with van der Waals surface area (Å²) in [5.74, 6) is -0.256. The van der Waals surface area contributed by atoms with Crippen LogP contribution >= 0.6 is 0 Å². The smallest absolute Gasteiger partial charge is 0.306 e. The molecule has 1 atom stereocenters. The molecule has 7 heteroatoms. The second-order valence-corrected chi connectivity index (χ2v) is 10.3. The highest BCUT2D eigenvalue weighted by Gasteiger charge is 2.41. The van der Waals surface area contributed by atoms with Crippen molar-refractivity contribution in [2.24, 2.45) is 11.3 Å². The van der Waals surface area contributed by atoms with Crippen LogP contribution in [0.2, 0.25) is 0 Å². The third-order valence-electron chi connectivity index (χ3n) is 7.18. The van der Waals surface area contributed by atoms with E-state index in [0.29, 0.717) is 37.1 Å². The molecule has 37 heavy (non-hydrogen) atoms. The Morgan fingerprint density at radius 2 is 1.73 bits per heavy atom. The Hall–Kier alpha value is -3.66. The van der Waals surface area contributed by atoms with E-state index in [0.717, 1.165) is 24.8 Å². The number of carbonyl (C=O) groups is 3. The maximum atomic E-state index is 13.6. The molecule has 1 N–H and O–H groups in total. The number of hydrogen-bond donors (Lipinski definition) is 1. The molecule has 0 aromatic heterocycles. The Morgan fingerprint density at radius 3 is 2.32 bits per heavy atom. The number of benzene rings is 2. The van der Waals surface area contributed by atoms with Crippen molar-refractivity contribution in [1.82, 2.24) is 10.2 Å². The number of likely N-dealkylation sites (tertiary alicyclic amines) is 1. The van der Waals surface area contributed by atoms with Crippen LogP contribution in [0.4, 0.5) is 0 Å². The van der Waals surface area contributed by atoms with Crippen LogP contribution in [0.15, 0.2) is 54.6 Å². The van der Waals surface area contributed by atoms with Crippen molar-refractivity contribution >= 4 is 17.8 Å². The Kier molecular flexibility index (Phi) is 9.85. The molecule has 7 nitrogen and oxygen atoms in total. The van der Waals surface area contributed by atoms with E-state index in [1.54, 1.807) is 24.3 Å². The van der Waals surface area contributed by atoms with Gasteiger partial charge in [0, 0.05) is 31.1 Å². The minimum absolute atomic E-state index is 0.0104. The number of nitrogens with one attached hydrogen (secondary N) is 1. The van der Waals surface area contributed by atoms with Crippen molar-refractivity contribution in [3.8, 4) is 6.07 Å². The van der Waals surface area contributed by atoms with E-state index in [9.17, 15) is 14.4 Å². The highest BCUT2D eigenvalue weighted by atomic mass is 16.5. The van der Waals surface area contributed by atoms with Crippen LogP contribution in [0.1, 0.15) is 74.4 Å². The standard InChI is InChI=1S/C30H37N3O4/c1-4-8-26(32-28(35)25-13-11-23(20-31)12-14-25)30(2,3)29(36)33-17-15-22(16-18-33)19-27(34)37-21-24-9-6-5-7-10-24/h5-7,9-14,22,26H,4,8,15-19,21H2,1-3H3,(H,32,35). The molecule has 2 aromatic carbocycles. The largest absolute Gasteiger partial charge is 0.461 e. The molecule has 1 aliphatic heterocycles. The average molecular weight is 504 g/mol. The molecule has 1 saturated heterocycles. The number of rotatable bonds is 10. The zero-order valence-corrected chi connectivity index (χ0v) is 22.0. The van der Waals surface area contributed by atoms with Gasteiger partial charge in [0.25, 0.3) is 5.91 Å². The second-order valence-electron chi connectivity index (χ2n) is 10.3. The Balaban J connectivity index is 1.53. The summed E-state index contributed by atoms with van der Waals surface area (Å²) < 4.78 is 5.43. The van der Waals surface area contributed by atoms with E-state index < -0.39 is 5.41 Å². The van der Waals surface area contributed by atoms with E-state index in [1.165, 1.54) is 0 Å². The summed E-state index contributed by atoms with van der Waals surface area (Å²) in [6.07, 6.45) is 3.35. The number of piperidine rings is 1. The lowest BCUT2D eigenvalue weighted by atomic mass is 9.79. The van der Waals surface area contributed by atoms with Gasteiger partial charge in [-0.1, -0.05) is 43.7 Å². The van der Waals surface area contributed by atoms with Crippen molar-refractivity contribution in [3.05, 3.63) is 71.3 Å². The normalized spacial score (nSPS) is 14.9. The lowest BCUT2D eigenvalue weighted by Gasteiger charge is -2.40. The molecule has 196 valence electrons. The lowest BCUT2D eigenvalue weighted by Crippen LogP contribution is -2.55. The van der Waals surface area contributed by atoms with Crippen molar-refractivity contribution in [2.75, 3.05) is 13.1 Å². The molecular formula is C30H37N3O4. The van der Waals surface area contributed by atoms with Crippen molar-refractivity contribution < 1.29 is 19.1 Å². The predicted molar refractivity (Wildman–Crippen MR) is 141 cm³/mol. The van der Waals surface area contributed by atoms with E-state index in [2.05, 4.69) is 5.32 Å². The van der Waals surface area contributed by atoms with Crippen LogP contribution in [-0.4, -0.2) is 41.8 Å². The quantitative estimate of drug-likeness (QED) is 0.467. The summed E-state index contributed by atoms with van der Waals surface area (Å²) in [7, 11) is 0. The van der Waals surface area contributed by atoms with Crippen LogP contribution in [-0.2, 0) is 20.9 Å². The highest BCUT2D eigenvalue weighted by molar-refractivity contribution is 5.95. The van der Waals surface area contributed by atoms with Crippen molar-refractivity contribution in [1.29, 1.82) is 5.26 Å². The molecule has 0 bridgehead atoms. The van der Waals surface area contributed by atoms with Gasteiger partial charge in [-0.2, -0.15) is 5.26 Å². The molecule has 1 fully saturated rings. The molecule has 0 saturated carbocycles. The molecule has 0 radical (unpaired) electrons. The molecule has 0 spiro atoms. The summed E-state index contributed by atoms with van der Waals surface area (Å²) in [4.78, 5) is 40.7. The highest BCUT2D eigenvalue weighted by Crippen LogP contribution is 2.30. The van der Waals surface area contributed by atoms with Gasteiger partial charge in [-0.05, 0) is 68.9 Å². The first kappa shape index (κ1) is 27.9. The van der Waals surface area contributed by atoms with Gasteiger partial charge in [0.2, 0.25) is 5.91 Å². The van der Waals surface area contributed by atoms with Crippen molar-refractivity contribution in [3.63, 3.8) is 0 Å². The van der Waals surface area contributed by atoms with Gasteiger partial charge >= 0.3 is 5.97 Å². The Bertz CT molecular complexity index is 1100. The first-order valence-electron chi connectivity index (χ1n) is 13.0. The van der Waals surface area contributed by atoms with E-state index in [4.69, 9.17) is 10.00 Å². The zero-order chi connectivity index (χ0) is 26.8. The third-order valence-corrected chi connectivity index (χ3v) is 7.18. The van der Waals surface area contributed by atoms with Gasteiger partial charge in [0.05, 0.1) is 17.0 Å². The fraction of sp³-hybridized carbons (Fsp3) is 0.467. The number of nitriles is 1. The second kappa shape index (κ2) is 13.0. The molecule has 1 aliphatic rings. The monoisotopic (exact) mass is 503 g/mol. The van der Waals surface area contributed by atoms with Gasteiger partial charge in [-0.25, -0.2) is 0 Å². The average Bonchev–Trinajstić information content (AvgIpc) is 2.92. The van der Waals surface area contributed by atoms with Gasteiger partial charge in [0.15, 0.2) is 0 Å². The minimum atomic E-state index is -0.792. The number of amides is 2. The van der Waals surface area contributed by atoms with E-state index in [1.807, 2.05) is 62.1 Å². The molecule has 2 aromatic rings. The van der Waals surface area contributed by atoms with E-state index >= 15 is 0 Å². The number of ether oxygens (including phenoxy) is 1. The molecule has 1 heterocycles. The number of nitrogens with zero attached hydrogens (tertiary/aromatic N) is 2. The van der Waals surface area contributed by atoms with Gasteiger partial charge in [-0.3, -0.25) is 14.4 Å². The van der Waals surface area contributed by atoms with Crippen LogP contribution in [0.25, 0.3) is 0 Å². The molecule has 0 aliphatic carbocycles. The summed E-state index contributed by atoms with van der Waals surface area (Å²) in [6, 6.07) is 17.8. The van der Waals surface area contributed by atoms with Crippen LogP contribution in [0.5, 0.6) is 0 Å². The van der Waals surface area contributed by atoms with Crippen LogP contribution < -0.4 is 5.32 Å². The molecular weight excluding hydrogens is 466 g/mol. The summed E-state index contributed by atoms with van der Waals surface area (Å²) in [5, 5.41) is 12.0. The Morgan fingerprint density at radius 1 is 1.08 bits per heavy atom. The Labute approximate surface area is 219 Å². The fourth-order valence-corrected chi connectivity index (χ4v) is 4.77. The zero-order valence-electron chi connectivity index (χ0n) is 22.0.